The molecule has 0 aromatic carbocycles. The lowest BCUT2D eigenvalue weighted by Gasteiger charge is -2.36. The number of nitrogens with one attached hydrogen (secondary N) is 1. The average molecular weight is 557 g/mol. The monoisotopic (exact) mass is 556 g/mol. The lowest BCUT2D eigenvalue weighted by atomic mass is 9.96. The number of carbonyl (C=O) groups excluding carboxylic acids is 1. The van der Waals surface area contributed by atoms with Gasteiger partial charge < -0.3 is 29.3 Å². The van der Waals surface area contributed by atoms with E-state index in [1.807, 2.05) is 39.6 Å². The Morgan fingerprint density at radius 2 is 1.84 bits per heavy atom. The van der Waals surface area contributed by atoms with Crippen molar-refractivity contribution in [1.82, 2.24) is 15.1 Å². The number of hydrogen-bond donors (Lipinski definition) is 1. The van der Waals surface area contributed by atoms with Crippen LogP contribution in [0.15, 0.2) is 4.99 Å². The molecule has 8 nitrogen and oxygen atoms in total. The van der Waals surface area contributed by atoms with Gasteiger partial charge in [0.05, 0.1) is 13.2 Å². The highest BCUT2D eigenvalue weighted by atomic mass is 127. The van der Waals surface area contributed by atoms with E-state index in [1.165, 1.54) is 0 Å². The van der Waals surface area contributed by atoms with Crippen molar-refractivity contribution in [2.24, 2.45) is 10.9 Å². The fourth-order valence-electron chi connectivity index (χ4n) is 3.40. The number of halogens is 1. The first-order valence-electron chi connectivity index (χ1n) is 11.3. The van der Waals surface area contributed by atoms with Crippen LogP contribution in [0.25, 0.3) is 0 Å². The van der Waals surface area contributed by atoms with E-state index >= 15 is 0 Å². The van der Waals surface area contributed by atoms with E-state index in [9.17, 15) is 4.79 Å². The van der Waals surface area contributed by atoms with Gasteiger partial charge >= 0.3 is 6.09 Å². The van der Waals surface area contributed by atoms with Gasteiger partial charge in [-0.15, -0.1) is 24.0 Å². The molecule has 0 saturated carbocycles. The van der Waals surface area contributed by atoms with Crippen LogP contribution in [0.5, 0.6) is 0 Å². The number of carbonyl (C=O) groups is 1. The smallest absolute Gasteiger partial charge is 0.410 e. The topological polar surface area (TPSA) is 75.6 Å². The molecular formula is C22H45IN4O4. The van der Waals surface area contributed by atoms with Crippen molar-refractivity contribution in [1.29, 1.82) is 0 Å². The van der Waals surface area contributed by atoms with Crippen molar-refractivity contribution in [3.8, 4) is 0 Å². The quantitative estimate of drug-likeness (QED) is 0.182. The zero-order valence-corrected chi connectivity index (χ0v) is 22.8. The molecule has 0 radical (unpaired) electrons. The first-order chi connectivity index (χ1) is 14.3. The van der Waals surface area contributed by atoms with E-state index in [-0.39, 0.29) is 30.1 Å². The van der Waals surface area contributed by atoms with Gasteiger partial charge in [0.25, 0.3) is 0 Å². The normalized spacial score (nSPS) is 15.4. The summed E-state index contributed by atoms with van der Waals surface area (Å²) in [6.07, 6.45) is 3.95. The van der Waals surface area contributed by atoms with Crippen LogP contribution in [-0.4, -0.2) is 94.2 Å². The van der Waals surface area contributed by atoms with Crippen molar-refractivity contribution in [3.63, 3.8) is 0 Å². The summed E-state index contributed by atoms with van der Waals surface area (Å²) in [6, 6.07) is 0. The molecule has 9 heteroatoms. The summed E-state index contributed by atoms with van der Waals surface area (Å²) >= 11 is 0. The number of amides is 1. The lowest BCUT2D eigenvalue weighted by molar-refractivity contribution is 0.0214. The van der Waals surface area contributed by atoms with Gasteiger partial charge in [-0.25, -0.2) is 4.79 Å². The van der Waals surface area contributed by atoms with Crippen molar-refractivity contribution < 1.29 is 19.0 Å². The SMILES string of the molecule is CCN(CC1CCN(C(=NC)NCCCCOCCOC)CC1)C(=O)OC(C)(C)C.I. The molecule has 0 unspecified atom stereocenters. The molecular weight excluding hydrogens is 511 g/mol. The van der Waals surface area contributed by atoms with E-state index in [1.54, 1.807) is 7.11 Å². The molecule has 1 aliphatic rings. The molecule has 0 atom stereocenters. The van der Waals surface area contributed by atoms with Crippen molar-refractivity contribution in [2.45, 2.75) is 59.0 Å². The second kappa shape index (κ2) is 16.8. The molecule has 184 valence electrons. The molecule has 0 aromatic heterocycles. The second-order valence-electron chi connectivity index (χ2n) is 8.74. The molecule has 1 heterocycles. The Labute approximate surface area is 206 Å². The summed E-state index contributed by atoms with van der Waals surface area (Å²) < 4.78 is 16.0. The van der Waals surface area contributed by atoms with Crippen LogP contribution in [0, 0.1) is 5.92 Å². The van der Waals surface area contributed by atoms with E-state index < -0.39 is 5.60 Å². The first kappa shape index (κ1) is 30.2. The molecule has 0 spiro atoms. The van der Waals surface area contributed by atoms with Gasteiger partial charge in [-0.1, -0.05) is 0 Å². The summed E-state index contributed by atoms with van der Waals surface area (Å²) in [5.41, 5.74) is -0.456. The molecule has 0 aromatic rings. The maximum Gasteiger partial charge on any atom is 0.410 e. The zero-order chi connectivity index (χ0) is 22.4. The number of nitrogens with zero attached hydrogens (tertiary/aromatic N) is 3. The molecule has 0 aliphatic carbocycles. The molecule has 1 amide bonds. The molecule has 1 aliphatic heterocycles. The van der Waals surface area contributed by atoms with Gasteiger partial charge in [0.1, 0.15) is 5.60 Å². The van der Waals surface area contributed by atoms with Gasteiger partial charge in [-0.3, -0.25) is 4.99 Å². The second-order valence-corrected chi connectivity index (χ2v) is 8.74. The minimum atomic E-state index is -0.456. The van der Waals surface area contributed by atoms with E-state index in [0.29, 0.717) is 25.7 Å². The molecule has 1 rings (SSSR count). The van der Waals surface area contributed by atoms with Crippen LogP contribution in [0.1, 0.15) is 53.4 Å². The van der Waals surface area contributed by atoms with E-state index in [0.717, 1.165) is 64.4 Å². The van der Waals surface area contributed by atoms with Gasteiger partial charge in [0.15, 0.2) is 5.96 Å². The Morgan fingerprint density at radius 1 is 1.16 bits per heavy atom. The molecule has 1 fully saturated rings. The van der Waals surface area contributed by atoms with E-state index in [4.69, 9.17) is 14.2 Å². The predicted molar refractivity (Wildman–Crippen MR) is 136 cm³/mol. The van der Waals surface area contributed by atoms with Gasteiger partial charge in [0, 0.05) is 53.5 Å². The largest absolute Gasteiger partial charge is 0.444 e. The fourth-order valence-corrected chi connectivity index (χ4v) is 3.40. The number of guanidine groups is 1. The average Bonchev–Trinajstić information content (AvgIpc) is 2.70. The number of ether oxygens (including phenoxy) is 3. The minimum Gasteiger partial charge on any atom is -0.444 e. The van der Waals surface area contributed by atoms with Gasteiger partial charge in [0.2, 0.25) is 0 Å². The molecule has 1 N–H and O–H groups in total. The van der Waals surface area contributed by atoms with Crippen LogP contribution < -0.4 is 5.32 Å². The maximum absolute atomic E-state index is 12.4. The van der Waals surface area contributed by atoms with Crippen molar-refractivity contribution in [3.05, 3.63) is 0 Å². The summed E-state index contributed by atoms with van der Waals surface area (Å²) in [4.78, 5) is 21.0. The van der Waals surface area contributed by atoms with Gasteiger partial charge in [-0.05, 0) is 59.3 Å². The Balaban J connectivity index is 0.00000900. The molecule has 1 saturated heterocycles. The highest BCUT2D eigenvalue weighted by Crippen LogP contribution is 2.20. The Bertz CT molecular complexity index is 506. The van der Waals surface area contributed by atoms with Crippen LogP contribution in [0.3, 0.4) is 0 Å². The number of hydrogen-bond acceptors (Lipinski definition) is 5. The zero-order valence-electron chi connectivity index (χ0n) is 20.4. The van der Waals surface area contributed by atoms with Crippen LogP contribution in [0.4, 0.5) is 4.79 Å². The number of likely N-dealkylation sites (tertiary alicyclic amines) is 1. The fraction of sp³-hybridized carbons (Fsp3) is 0.909. The summed E-state index contributed by atoms with van der Waals surface area (Å²) in [5.74, 6) is 1.46. The molecule has 31 heavy (non-hydrogen) atoms. The van der Waals surface area contributed by atoms with Gasteiger partial charge in [-0.2, -0.15) is 0 Å². The van der Waals surface area contributed by atoms with Crippen molar-refractivity contribution in [2.75, 3.05) is 66.7 Å². The number of rotatable bonds is 11. The minimum absolute atomic E-state index is 0. The van der Waals surface area contributed by atoms with E-state index in [2.05, 4.69) is 15.2 Å². The summed E-state index contributed by atoms with van der Waals surface area (Å²) in [6.45, 7) is 14.0. The summed E-state index contributed by atoms with van der Waals surface area (Å²) in [7, 11) is 3.52. The third kappa shape index (κ3) is 13.4. The highest BCUT2D eigenvalue weighted by molar-refractivity contribution is 14.0. The molecule has 0 bridgehead atoms. The maximum atomic E-state index is 12.4. The Morgan fingerprint density at radius 3 is 2.39 bits per heavy atom. The van der Waals surface area contributed by atoms with Crippen molar-refractivity contribution >= 4 is 36.0 Å². The Hall–Kier alpha value is -0.810. The number of aliphatic imine (C=N–C) groups is 1. The number of piperidine rings is 1. The standard InChI is InChI=1S/C22H44N4O4.HI/c1-7-25(21(27)30-22(2,3)4)18-19-10-13-26(14-11-19)20(23-5)24-12-8-9-15-29-17-16-28-6;/h19H,7-18H2,1-6H3,(H,23,24);1H. The third-order valence-electron chi connectivity index (χ3n) is 5.07. The Kier molecular flexibility index (Phi) is 16.3. The highest BCUT2D eigenvalue weighted by Gasteiger charge is 2.27. The number of methoxy groups -OCH3 is 1. The summed E-state index contributed by atoms with van der Waals surface area (Å²) in [5, 5.41) is 3.46. The number of unbranched alkanes of at least 4 members (excludes halogenated alkanes) is 1. The third-order valence-corrected chi connectivity index (χ3v) is 5.07. The predicted octanol–water partition coefficient (Wildman–Crippen LogP) is 3.59. The lowest BCUT2D eigenvalue weighted by Crippen LogP contribution is -2.48. The van der Waals surface area contributed by atoms with Crippen LogP contribution >= 0.6 is 24.0 Å². The first-order valence-corrected chi connectivity index (χ1v) is 11.3. The van der Waals surface area contributed by atoms with Crippen LogP contribution in [0.2, 0.25) is 0 Å². The van der Waals surface area contributed by atoms with Crippen LogP contribution in [-0.2, 0) is 14.2 Å².